The highest BCUT2D eigenvalue weighted by Gasteiger charge is 2.24. The molecule has 2 aromatic carbocycles. The molecule has 0 bridgehead atoms. The zero-order valence-electron chi connectivity index (χ0n) is 9.75. The van der Waals surface area contributed by atoms with Gasteiger partial charge >= 0.3 is 0 Å². The van der Waals surface area contributed by atoms with Crippen LogP contribution in [-0.4, -0.2) is 0 Å². The van der Waals surface area contributed by atoms with Gasteiger partial charge in [-0.25, -0.2) is 0 Å². The van der Waals surface area contributed by atoms with Crippen LogP contribution >= 0.6 is 39.1 Å². The summed E-state index contributed by atoms with van der Waals surface area (Å²) in [5.41, 5.74) is 7.75. The maximum absolute atomic E-state index is 6.42. The molecule has 1 atom stereocenters. The molecule has 0 heterocycles. The van der Waals surface area contributed by atoms with Crippen LogP contribution in [0.1, 0.15) is 18.1 Å². The van der Waals surface area contributed by atoms with Gasteiger partial charge in [0.25, 0.3) is 0 Å². The van der Waals surface area contributed by atoms with Crippen LogP contribution in [0.25, 0.3) is 0 Å². The normalized spacial score (nSPS) is 14.3. The smallest absolute Gasteiger partial charge is 0.0637 e. The highest BCUT2D eigenvalue weighted by Crippen LogP contribution is 2.32. The van der Waals surface area contributed by atoms with Gasteiger partial charge in [0.15, 0.2) is 0 Å². The molecule has 0 aliphatic heterocycles. The Morgan fingerprint density at radius 1 is 1.00 bits per heavy atom. The Labute approximate surface area is 125 Å². The Morgan fingerprint density at radius 3 is 2.28 bits per heavy atom. The van der Waals surface area contributed by atoms with E-state index in [2.05, 4.69) is 15.9 Å². The summed E-state index contributed by atoms with van der Waals surface area (Å²) in [4.78, 5) is 0. The summed E-state index contributed by atoms with van der Waals surface area (Å²) in [5, 5.41) is 1.05. The lowest BCUT2D eigenvalue weighted by Gasteiger charge is -2.26. The van der Waals surface area contributed by atoms with Crippen molar-refractivity contribution in [2.75, 3.05) is 0 Å². The molecule has 2 N–H and O–H groups in total. The molecule has 0 fully saturated rings. The van der Waals surface area contributed by atoms with E-state index < -0.39 is 5.54 Å². The van der Waals surface area contributed by atoms with Crippen molar-refractivity contribution in [3.8, 4) is 0 Å². The van der Waals surface area contributed by atoms with Crippen LogP contribution in [0.2, 0.25) is 10.0 Å². The maximum Gasteiger partial charge on any atom is 0.0637 e. The molecule has 0 spiro atoms. The van der Waals surface area contributed by atoms with Crippen molar-refractivity contribution in [3.63, 3.8) is 0 Å². The van der Waals surface area contributed by atoms with Gasteiger partial charge in [-0.3, -0.25) is 0 Å². The van der Waals surface area contributed by atoms with Gasteiger partial charge in [-0.15, -0.1) is 0 Å². The molecule has 94 valence electrons. The first-order chi connectivity index (χ1) is 8.41. The molecule has 0 saturated heterocycles. The molecule has 1 unspecified atom stereocenters. The average Bonchev–Trinajstić information content (AvgIpc) is 2.32. The van der Waals surface area contributed by atoms with Gasteiger partial charge < -0.3 is 5.73 Å². The Hall–Kier alpha value is -0.540. The van der Waals surface area contributed by atoms with E-state index in [0.717, 1.165) is 15.6 Å². The topological polar surface area (TPSA) is 26.0 Å². The van der Waals surface area contributed by atoms with Gasteiger partial charge in [0.1, 0.15) is 0 Å². The molecule has 0 aliphatic rings. The molecule has 2 rings (SSSR count). The summed E-state index contributed by atoms with van der Waals surface area (Å²) in [7, 11) is 0. The second kappa shape index (κ2) is 5.22. The van der Waals surface area contributed by atoms with Gasteiger partial charge in [-0.2, -0.15) is 0 Å². The molecule has 0 aromatic heterocycles. The van der Waals surface area contributed by atoms with Crippen molar-refractivity contribution in [2.24, 2.45) is 5.73 Å². The van der Waals surface area contributed by atoms with Crippen LogP contribution in [-0.2, 0) is 5.54 Å². The first-order valence-electron chi connectivity index (χ1n) is 5.42. The predicted octanol–water partition coefficient (Wildman–Crippen LogP) is 4.98. The third kappa shape index (κ3) is 2.72. The highest BCUT2D eigenvalue weighted by molar-refractivity contribution is 9.10. The summed E-state index contributed by atoms with van der Waals surface area (Å²) in [6.07, 6.45) is 0. The summed E-state index contributed by atoms with van der Waals surface area (Å²) < 4.78 is 0.997. The minimum atomic E-state index is -0.613. The van der Waals surface area contributed by atoms with Gasteiger partial charge in [-0.1, -0.05) is 57.3 Å². The first kappa shape index (κ1) is 13.9. The monoisotopic (exact) mass is 343 g/mol. The van der Waals surface area contributed by atoms with Gasteiger partial charge in [0.2, 0.25) is 0 Å². The fraction of sp³-hybridized carbons (Fsp3) is 0.143. The lowest BCUT2D eigenvalue weighted by atomic mass is 9.86. The van der Waals surface area contributed by atoms with Crippen molar-refractivity contribution < 1.29 is 0 Å². The second-order valence-corrected chi connectivity index (χ2v) is 6.07. The van der Waals surface area contributed by atoms with E-state index in [1.807, 2.05) is 43.3 Å². The van der Waals surface area contributed by atoms with E-state index in [4.69, 9.17) is 28.9 Å². The molecule has 18 heavy (non-hydrogen) atoms. The van der Waals surface area contributed by atoms with Crippen molar-refractivity contribution in [1.29, 1.82) is 0 Å². The summed E-state index contributed by atoms with van der Waals surface area (Å²) in [5.74, 6) is 0. The standard InChI is InChI=1S/C14H12BrCl2N/c1-14(18,9-3-2-4-11(15)7-9)10-5-6-12(16)13(17)8-10/h2-8H,18H2,1H3. The molecule has 0 amide bonds. The Balaban J connectivity index is 2.50. The van der Waals surface area contributed by atoms with Crippen LogP contribution in [0.15, 0.2) is 46.9 Å². The lowest BCUT2D eigenvalue weighted by Crippen LogP contribution is -2.34. The van der Waals surface area contributed by atoms with Crippen LogP contribution < -0.4 is 5.73 Å². The number of halogens is 3. The van der Waals surface area contributed by atoms with Gasteiger partial charge in [-0.05, 0) is 42.3 Å². The zero-order valence-corrected chi connectivity index (χ0v) is 12.9. The molecule has 1 nitrogen and oxygen atoms in total. The van der Waals surface area contributed by atoms with Crippen LogP contribution in [0, 0.1) is 0 Å². The number of rotatable bonds is 2. The minimum Gasteiger partial charge on any atom is -0.318 e. The molecule has 4 heteroatoms. The molecule has 2 aromatic rings. The van der Waals surface area contributed by atoms with Gasteiger partial charge in [0, 0.05) is 4.47 Å². The molecule has 0 radical (unpaired) electrons. The zero-order chi connectivity index (χ0) is 13.3. The van der Waals surface area contributed by atoms with E-state index >= 15 is 0 Å². The van der Waals surface area contributed by atoms with Gasteiger partial charge in [0.05, 0.1) is 15.6 Å². The van der Waals surface area contributed by atoms with Crippen molar-refractivity contribution in [3.05, 3.63) is 68.1 Å². The third-order valence-electron chi connectivity index (χ3n) is 2.94. The molecular formula is C14H12BrCl2N. The van der Waals surface area contributed by atoms with E-state index in [-0.39, 0.29) is 0 Å². The molecular weight excluding hydrogens is 333 g/mol. The predicted molar refractivity (Wildman–Crippen MR) is 81.2 cm³/mol. The highest BCUT2D eigenvalue weighted by atomic mass is 79.9. The average molecular weight is 345 g/mol. The van der Waals surface area contributed by atoms with Crippen LogP contribution in [0.5, 0.6) is 0 Å². The van der Waals surface area contributed by atoms with Crippen molar-refractivity contribution in [1.82, 2.24) is 0 Å². The maximum atomic E-state index is 6.42. The van der Waals surface area contributed by atoms with Crippen molar-refractivity contribution >= 4 is 39.1 Å². The summed E-state index contributed by atoms with van der Waals surface area (Å²) in [6, 6.07) is 13.4. The summed E-state index contributed by atoms with van der Waals surface area (Å²) >= 11 is 15.4. The van der Waals surface area contributed by atoms with Crippen LogP contribution in [0.3, 0.4) is 0 Å². The summed E-state index contributed by atoms with van der Waals surface area (Å²) in [6.45, 7) is 1.95. The number of benzene rings is 2. The largest absolute Gasteiger partial charge is 0.318 e. The van der Waals surface area contributed by atoms with E-state index in [9.17, 15) is 0 Å². The minimum absolute atomic E-state index is 0.515. The fourth-order valence-corrected chi connectivity index (χ4v) is 2.49. The Morgan fingerprint density at radius 2 is 1.67 bits per heavy atom. The number of hydrogen-bond donors (Lipinski definition) is 1. The quantitative estimate of drug-likeness (QED) is 0.817. The third-order valence-corrected chi connectivity index (χ3v) is 4.18. The van der Waals surface area contributed by atoms with E-state index in [1.54, 1.807) is 6.07 Å². The fourth-order valence-electron chi connectivity index (χ4n) is 1.80. The van der Waals surface area contributed by atoms with Crippen molar-refractivity contribution in [2.45, 2.75) is 12.5 Å². The van der Waals surface area contributed by atoms with Crippen LogP contribution in [0.4, 0.5) is 0 Å². The lowest BCUT2D eigenvalue weighted by molar-refractivity contribution is 0.603. The molecule has 0 aliphatic carbocycles. The second-order valence-electron chi connectivity index (χ2n) is 4.34. The first-order valence-corrected chi connectivity index (χ1v) is 6.96. The Bertz CT molecular complexity index is 582. The Kier molecular flexibility index (Phi) is 4.02. The number of nitrogens with two attached hydrogens (primary N) is 1. The molecule has 0 saturated carbocycles. The van der Waals surface area contributed by atoms with E-state index in [0.29, 0.717) is 10.0 Å². The van der Waals surface area contributed by atoms with E-state index in [1.165, 1.54) is 0 Å². The number of hydrogen-bond acceptors (Lipinski definition) is 1. The SMILES string of the molecule is CC(N)(c1cccc(Br)c1)c1ccc(Cl)c(Cl)c1.